The molecule has 2 rings (SSSR count). The van der Waals surface area contributed by atoms with Gasteiger partial charge in [-0.15, -0.1) is 5.10 Å². The molecule has 2 heterocycles. The Bertz CT molecular complexity index is 569. The summed E-state index contributed by atoms with van der Waals surface area (Å²) in [7, 11) is 0. The van der Waals surface area contributed by atoms with E-state index in [0.717, 1.165) is 5.56 Å². The molecule has 0 saturated heterocycles. The van der Waals surface area contributed by atoms with Crippen LogP contribution in [0.4, 0.5) is 0 Å². The lowest BCUT2D eigenvalue weighted by molar-refractivity contribution is -0.149. The maximum atomic E-state index is 11.3. The highest BCUT2D eigenvalue weighted by molar-refractivity contribution is 5.74. The highest BCUT2D eigenvalue weighted by Crippen LogP contribution is 2.25. The van der Waals surface area contributed by atoms with Crippen molar-refractivity contribution in [1.82, 2.24) is 25.2 Å². The molecule has 19 heavy (non-hydrogen) atoms. The number of hydrogen-bond acceptors (Lipinski definition) is 5. The zero-order valence-corrected chi connectivity index (χ0v) is 10.8. The van der Waals surface area contributed by atoms with Crippen LogP contribution >= 0.6 is 0 Å². The summed E-state index contributed by atoms with van der Waals surface area (Å²) in [6.45, 7) is 3.75. The number of tetrazole rings is 1. The summed E-state index contributed by atoms with van der Waals surface area (Å²) < 4.78 is 1.52. The monoisotopic (exact) mass is 261 g/mol. The Morgan fingerprint density at radius 2 is 2.11 bits per heavy atom. The minimum Gasteiger partial charge on any atom is -0.481 e. The van der Waals surface area contributed by atoms with E-state index in [4.69, 9.17) is 0 Å². The van der Waals surface area contributed by atoms with Crippen molar-refractivity contribution in [2.75, 3.05) is 0 Å². The van der Waals surface area contributed by atoms with Gasteiger partial charge < -0.3 is 5.11 Å². The van der Waals surface area contributed by atoms with Crippen LogP contribution in [0.1, 0.15) is 20.3 Å². The van der Waals surface area contributed by atoms with Gasteiger partial charge in [0.05, 0.1) is 12.0 Å². The van der Waals surface area contributed by atoms with Crippen molar-refractivity contribution >= 4 is 5.97 Å². The molecule has 2 aromatic rings. The van der Waals surface area contributed by atoms with Crippen molar-refractivity contribution in [2.24, 2.45) is 5.41 Å². The Morgan fingerprint density at radius 1 is 1.42 bits per heavy atom. The average Bonchev–Trinajstić information content (AvgIpc) is 2.87. The lowest BCUT2D eigenvalue weighted by Gasteiger charge is -2.22. The summed E-state index contributed by atoms with van der Waals surface area (Å²) in [6.07, 6.45) is 3.78. The van der Waals surface area contributed by atoms with Gasteiger partial charge in [-0.25, -0.2) is 4.68 Å². The van der Waals surface area contributed by atoms with Crippen molar-refractivity contribution in [2.45, 2.75) is 26.8 Å². The van der Waals surface area contributed by atoms with Gasteiger partial charge in [-0.1, -0.05) is 6.92 Å². The Balaban J connectivity index is 2.33. The van der Waals surface area contributed by atoms with Crippen LogP contribution in [0.5, 0.6) is 0 Å². The highest BCUT2D eigenvalue weighted by atomic mass is 16.4. The second-order valence-electron chi connectivity index (χ2n) is 4.62. The molecule has 0 radical (unpaired) electrons. The first-order valence-electron chi connectivity index (χ1n) is 5.97. The maximum Gasteiger partial charge on any atom is 0.311 e. The predicted octanol–water partition coefficient (Wildman–Crippen LogP) is 1.24. The summed E-state index contributed by atoms with van der Waals surface area (Å²) in [4.78, 5) is 15.3. The van der Waals surface area contributed by atoms with Gasteiger partial charge in [0.25, 0.3) is 0 Å². The van der Waals surface area contributed by atoms with Gasteiger partial charge in [-0.3, -0.25) is 9.78 Å². The van der Waals surface area contributed by atoms with E-state index in [1.807, 2.05) is 6.92 Å². The third-order valence-electron chi connectivity index (χ3n) is 3.27. The van der Waals surface area contributed by atoms with E-state index in [1.165, 1.54) is 4.68 Å². The molecule has 0 spiro atoms. The summed E-state index contributed by atoms with van der Waals surface area (Å²) in [5.74, 6) is -0.311. The van der Waals surface area contributed by atoms with E-state index >= 15 is 0 Å². The van der Waals surface area contributed by atoms with E-state index in [0.29, 0.717) is 12.2 Å². The number of hydrogen-bond donors (Lipinski definition) is 1. The molecule has 100 valence electrons. The molecular weight excluding hydrogens is 246 g/mol. The number of aromatic nitrogens is 5. The highest BCUT2D eigenvalue weighted by Gasteiger charge is 2.33. The summed E-state index contributed by atoms with van der Waals surface area (Å²) in [5.41, 5.74) is -0.0826. The molecule has 1 unspecified atom stereocenters. The Labute approximate surface area is 110 Å². The average molecular weight is 261 g/mol. The molecule has 0 aliphatic rings. The quantitative estimate of drug-likeness (QED) is 0.870. The number of carboxylic acid groups (broad SMARTS) is 1. The van der Waals surface area contributed by atoms with Crippen molar-refractivity contribution in [3.05, 3.63) is 24.5 Å². The molecule has 1 N–H and O–H groups in total. The minimum atomic E-state index is -0.892. The fourth-order valence-corrected chi connectivity index (χ4v) is 1.68. The van der Waals surface area contributed by atoms with Crippen molar-refractivity contribution in [3.8, 4) is 11.4 Å². The van der Waals surface area contributed by atoms with Crippen molar-refractivity contribution in [1.29, 1.82) is 0 Å². The van der Waals surface area contributed by atoms with E-state index < -0.39 is 11.4 Å². The standard InChI is InChI=1S/C12H15N5O2/c1-3-12(2,11(18)19)8-17-10(14-15-16-17)9-4-6-13-7-5-9/h4-7H,3,8H2,1-2H3,(H,18,19). The van der Waals surface area contributed by atoms with Gasteiger partial charge in [-0.2, -0.15) is 0 Å². The number of aliphatic carboxylic acids is 1. The number of carboxylic acids is 1. The van der Waals surface area contributed by atoms with E-state index in [9.17, 15) is 9.90 Å². The van der Waals surface area contributed by atoms with Crippen LogP contribution < -0.4 is 0 Å². The van der Waals surface area contributed by atoms with Crippen LogP contribution in [0, 0.1) is 5.41 Å². The molecule has 0 aliphatic carbocycles. The Morgan fingerprint density at radius 3 is 2.68 bits per heavy atom. The van der Waals surface area contributed by atoms with Gasteiger partial charge in [0.1, 0.15) is 0 Å². The van der Waals surface area contributed by atoms with Gasteiger partial charge in [0.2, 0.25) is 0 Å². The smallest absolute Gasteiger partial charge is 0.311 e. The number of pyridine rings is 1. The fourth-order valence-electron chi connectivity index (χ4n) is 1.68. The molecular formula is C12H15N5O2. The molecule has 0 fully saturated rings. The number of carbonyl (C=O) groups is 1. The van der Waals surface area contributed by atoms with Crippen LogP contribution in [-0.2, 0) is 11.3 Å². The SMILES string of the molecule is CCC(C)(Cn1nnnc1-c1ccncc1)C(=O)O. The largest absolute Gasteiger partial charge is 0.481 e. The number of rotatable bonds is 5. The normalized spacial score (nSPS) is 14.0. The zero-order chi connectivity index (χ0) is 13.9. The maximum absolute atomic E-state index is 11.3. The summed E-state index contributed by atoms with van der Waals surface area (Å²) >= 11 is 0. The van der Waals surface area contributed by atoms with Crippen LogP contribution in [-0.4, -0.2) is 36.3 Å². The van der Waals surface area contributed by atoms with Gasteiger partial charge in [0, 0.05) is 18.0 Å². The molecule has 1 atom stereocenters. The molecule has 0 aliphatic heterocycles. The van der Waals surface area contributed by atoms with E-state index in [-0.39, 0.29) is 6.54 Å². The fraction of sp³-hybridized carbons (Fsp3) is 0.417. The van der Waals surface area contributed by atoms with E-state index in [2.05, 4.69) is 20.5 Å². The van der Waals surface area contributed by atoms with Gasteiger partial charge >= 0.3 is 5.97 Å². The molecule has 7 heteroatoms. The third kappa shape index (κ3) is 2.59. The van der Waals surface area contributed by atoms with Crippen LogP contribution in [0.15, 0.2) is 24.5 Å². The van der Waals surface area contributed by atoms with Crippen LogP contribution in [0.2, 0.25) is 0 Å². The van der Waals surface area contributed by atoms with Crippen LogP contribution in [0.3, 0.4) is 0 Å². The lowest BCUT2D eigenvalue weighted by Crippen LogP contribution is -2.32. The molecule has 2 aromatic heterocycles. The van der Waals surface area contributed by atoms with Crippen LogP contribution in [0.25, 0.3) is 11.4 Å². The molecule has 0 saturated carbocycles. The number of nitrogens with zero attached hydrogens (tertiary/aromatic N) is 5. The second-order valence-corrected chi connectivity index (χ2v) is 4.62. The van der Waals surface area contributed by atoms with Gasteiger partial charge in [-0.05, 0) is 35.9 Å². The Kier molecular flexibility index (Phi) is 3.55. The first kappa shape index (κ1) is 13.1. The second kappa shape index (κ2) is 5.13. The first-order chi connectivity index (χ1) is 9.07. The van der Waals surface area contributed by atoms with Crippen molar-refractivity contribution in [3.63, 3.8) is 0 Å². The third-order valence-corrected chi connectivity index (χ3v) is 3.27. The summed E-state index contributed by atoms with van der Waals surface area (Å²) in [5, 5.41) is 20.8. The van der Waals surface area contributed by atoms with Crippen molar-refractivity contribution < 1.29 is 9.90 Å². The molecule has 0 aromatic carbocycles. The molecule has 0 amide bonds. The minimum absolute atomic E-state index is 0.226. The summed E-state index contributed by atoms with van der Waals surface area (Å²) in [6, 6.07) is 3.57. The van der Waals surface area contributed by atoms with Gasteiger partial charge in [0.15, 0.2) is 5.82 Å². The topological polar surface area (TPSA) is 93.8 Å². The lowest BCUT2D eigenvalue weighted by atomic mass is 9.88. The Hall–Kier alpha value is -2.31. The molecule has 7 nitrogen and oxygen atoms in total. The first-order valence-corrected chi connectivity index (χ1v) is 5.97. The predicted molar refractivity (Wildman–Crippen MR) is 67.1 cm³/mol. The molecule has 0 bridgehead atoms. The zero-order valence-electron chi connectivity index (χ0n) is 10.8. The van der Waals surface area contributed by atoms with E-state index in [1.54, 1.807) is 31.5 Å².